The topological polar surface area (TPSA) is 33.5 Å². The molecule has 26 heavy (non-hydrogen) atoms. The van der Waals surface area contributed by atoms with E-state index in [4.69, 9.17) is 27.6 Å². The van der Waals surface area contributed by atoms with Gasteiger partial charge in [-0.1, -0.05) is 41.8 Å². The molecule has 1 aliphatic heterocycles. The highest BCUT2D eigenvalue weighted by Gasteiger charge is 2.17. The fraction of sp³-hybridized carbons (Fsp3) is 0.286. The molecule has 0 bridgehead atoms. The van der Waals surface area contributed by atoms with Gasteiger partial charge in [0.25, 0.3) is 0 Å². The zero-order valence-corrected chi connectivity index (χ0v) is 15.8. The molecule has 1 fully saturated rings. The van der Waals surface area contributed by atoms with Crippen molar-refractivity contribution in [3.05, 3.63) is 68.3 Å². The summed E-state index contributed by atoms with van der Waals surface area (Å²) in [6.45, 7) is 2.84. The van der Waals surface area contributed by atoms with Gasteiger partial charge >= 0.3 is 0 Å². The van der Waals surface area contributed by atoms with Crippen LogP contribution in [0.1, 0.15) is 24.8 Å². The van der Waals surface area contributed by atoms with E-state index in [1.807, 2.05) is 24.3 Å². The molecule has 1 aromatic heterocycles. The number of hydrogen-bond acceptors (Lipinski definition) is 3. The number of nitrogens with zero attached hydrogens (tertiary/aromatic N) is 1. The maximum Gasteiger partial charge on any atom is 0.193 e. The average molecular weight is 388 g/mol. The van der Waals surface area contributed by atoms with Gasteiger partial charge in [0.15, 0.2) is 5.43 Å². The van der Waals surface area contributed by atoms with Gasteiger partial charge in [-0.2, -0.15) is 0 Å². The van der Waals surface area contributed by atoms with E-state index in [1.165, 1.54) is 25.3 Å². The Morgan fingerprint density at radius 2 is 1.77 bits per heavy atom. The molecule has 0 saturated carbocycles. The van der Waals surface area contributed by atoms with Crippen LogP contribution in [0.4, 0.5) is 0 Å². The normalized spacial score (nSPS) is 15.5. The number of rotatable bonds is 3. The Labute approximate surface area is 162 Å². The third kappa shape index (κ3) is 3.52. The van der Waals surface area contributed by atoms with Crippen LogP contribution in [0.25, 0.3) is 22.3 Å². The molecule has 4 rings (SSSR count). The molecule has 0 N–H and O–H groups in total. The standard InChI is InChI=1S/C21H19Cl2NO2/c22-15-10-14(13-24-8-4-1-5-9-24)21-17(11-15)19(25)12-20(26-21)16-6-2-3-7-18(16)23/h2-3,6-7,10-12H,1,4-5,8-9,13H2. The SMILES string of the molecule is O=c1cc(-c2ccccc2Cl)oc2c(CN3CCCCC3)cc(Cl)cc12. The minimum absolute atomic E-state index is 0.108. The summed E-state index contributed by atoms with van der Waals surface area (Å²) < 4.78 is 6.17. The van der Waals surface area contributed by atoms with Crippen molar-refractivity contribution in [3.63, 3.8) is 0 Å². The second kappa shape index (κ2) is 7.43. The third-order valence-electron chi connectivity index (χ3n) is 4.85. The molecule has 134 valence electrons. The van der Waals surface area contributed by atoms with Crippen LogP contribution in [0, 0.1) is 0 Å². The van der Waals surface area contributed by atoms with Crippen LogP contribution in [0.5, 0.6) is 0 Å². The number of hydrogen-bond donors (Lipinski definition) is 0. The lowest BCUT2D eigenvalue weighted by Crippen LogP contribution is -2.29. The first-order valence-corrected chi connectivity index (χ1v) is 9.61. The van der Waals surface area contributed by atoms with Gasteiger partial charge in [-0.3, -0.25) is 9.69 Å². The second-order valence-corrected chi connectivity index (χ2v) is 7.58. The van der Waals surface area contributed by atoms with Crippen molar-refractivity contribution in [2.75, 3.05) is 13.1 Å². The molecule has 3 aromatic rings. The van der Waals surface area contributed by atoms with E-state index >= 15 is 0 Å². The molecule has 3 nitrogen and oxygen atoms in total. The maximum atomic E-state index is 12.7. The fourth-order valence-corrected chi connectivity index (χ4v) is 4.03. The van der Waals surface area contributed by atoms with Crippen LogP contribution in [-0.4, -0.2) is 18.0 Å². The summed E-state index contributed by atoms with van der Waals surface area (Å²) in [5.41, 5.74) is 2.15. The van der Waals surface area contributed by atoms with Crippen molar-refractivity contribution in [2.24, 2.45) is 0 Å². The molecule has 2 aromatic carbocycles. The van der Waals surface area contributed by atoms with Gasteiger partial charge in [0, 0.05) is 28.8 Å². The largest absolute Gasteiger partial charge is 0.455 e. The molecule has 1 saturated heterocycles. The predicted molar refractivity (Wildman–Crippen MR) is 107 cm³/mol. The molecule has 0 amide bonds. The monoisotopic (exact) mass is 387 g/mol. The van der Waals surface area contributed by atoms with Crippen molar-refractivity contribution in [1.82, 2.24) is 4.90 Å². The summed E-state index contributed by atoms with van der Waals surface area (Å²) in [4.78, 5) is 15.1. The number of likely N-dealkylation sites (tertiary alicyclic amines) is 1. The molecular formula is C21H19Cl2NO2. The Balaban J connectivity index is 1.85. The van der Waals surface area contributed by atoms with E-state index in [0.717, 1.165) is 25.2 Å². The highest BCUT2D eigenvalue weighted by molar-refractivity contribution is 6.33. The summed E-state index contributed by atoms with van der Waals surface area (Å²) in [5, 5.41) is 1.63. The highest BCUT2D eigenvalue weighted by atomic mass is 35.5. The lowest BCUT2D eigenvalue weighted by Gasteiger charge is -2.26. The van der Waals surface area contributed by atoms with E-state index < -0.39 is 0 Å². The molecule has 0 atom stereocenters. The van der Waals surface area contributed by atoms with Gasteiger partial charge in [0.1, 0.15) is 11.3 Å². The van der Waals surface area contributed by atoms with E-state index in [1.54, 1.807) is 12.1 Å². The molecule has 5 heteroatoms. The van der Waals surface area contributed by atoms with Gasteiger partial charge < -0.3 is 4.42 Å². The number of benzene rings is 2. The molecule has 1 aliphatic rings. The van der Waals surface area contributed by atoms with E-state index in [0.29, 0.717) is 32.3 Å². The van der Waals surface area contributed by atoms with E-state index in [2.05, 4.69) is 4.90 Å². The maximum absolute atomic E-state index is 12.7. The summed E-state index contributed by atoms with van der Waals surface area (Å²) in [5.74, 6) is 0.482. The van der Waals surface area contributed by atoms with Gasteiger partial charge in [0.2, 0.25) is 0 Å². The van der Waals surface area contributed by atoms with Crippen LogP contribution < -0.4 is 5.43 Å². The Kier molecular flexibility index (Phi) is 5.03. The summed E-state index contributed by atoms with van der Waals surface area (Å²) in [7, 11) is 0. The average Bonchev–Trinajstić information content (AvgIpc) is 2.64. The summed E-state index contributed by atoms with van der Waals surface area (Å²) >= 11 is 12.6. The van der Waals surface area contributed by atoms with Crippen molar-refractivity contribution in [2.45, 2.75) is 25.8 Å². The summed E-state index contributed by atoms with van der Waals surface area (Å²) in [6.07, 6.45) is 3.68. The predicted octanol–water partition coefficient (Wildman–Crippen LogP) is 5.75. The number of fused-ring (bicyclic) bond motifs is 1. The molecule has 2 heterocycles. The highest BCUT2D eigenvalue weighted by Crippen LogP contribution is 2.31. The lowest BCUT2D eigenvalue weighted by molar-refractivity contribution is 0.221. The quantitative estimate of drug-likeness (QED) is 0.573. The molecule has 0 radical (unpaired) electrons. The minimum atomic E-state index is -0.108. The Hall–Kier alpha value is -1.81. The van der Waals surface area contributed by atoms with Gasteiger partial charge in [-0.15, -0.1) is 0 Å². The van der Waals surface area contributed by atoms with Gasteiger partial charge in [0.05, 0.1) is 10.4 Å². The van der Waals surface area contributed by atoms with Crippen LogP contribution in [0.2, 0.25) is 10.0 Å². The lowest BCUT2D eigenvalue weighted by atomic mass is 10.1. The molecule has 0 aliphatic carbocycles. The van der Waals surface area contributed by atoms with Crippen molar-refractivity contribution >= 4 is 34.2 Å². The first-order chi connectivity index (χ1) is 12.6. The third-order valence-corrected chi connectivity index (χ3v) is 5.40. The Morgan fingerprint density at radius 1 is 1.00 bits per heavy atom. The number of halogens is 2. The van der Waals surface area contributed by atoms with Crippen molar-refractivity contribution in [3.8, 4) is 11.3 Å². The minimum Gasteiger partial charge on any atom is -0.455 e. The first-order valence-electron chi connectivity index (χ1n) is 8.85. The molecule has 0 unspecified atom stereocenters. The van der Waals surface area contributed by atoms with Gasteiger partial charge in [-0.25, -0.2) is 0 Å². The Bertz CT molecular complexity index is 1010. The zero-order valence-electron chi connectivity index (χ0n) is 14.3. The Morgan fingerprint density at radius 3 is 2.54 bits per heavy atom. The van der Waals surface area contributed by atoms with Crippen LogP contribution in [0.3, 0.4) is 0 Å². The smallest absolute Gasteiger partial charge is 0.193 e. The van der Waals surface area contributed by atoms with Gasteiger partial charge in [-0.05, 0) is 50.2 Å². The van der Waals surface area contributed by atoms with Crippen LogP contribution in [-0.2, 0) is 6.54 Å². The second-order valence-electron chi connectivity index (χ2n) is 6.73. The van der Waals surface area contributed by atoms with Crippen LogP contribution in [0.15, 0.2) is 51.7 Å². The fourth-order valence-electron chi connectivity index (χ4n) is 3.56. The number of piperidine rings is 1. The van der Waals surface area contributed by atoms with Crippen LogP contribution >= 0.6 is 23.2 Å². The molecule has 0 spiro atoms. The first kappa shape index (κ1) is 17.6. The molecular weight excluding hydrogens is 369 g/mol. The van der Waals surface area contributed by atoms with E-state index in [-0.39, 0.29) is 5.43 Å². The van der Waals surface area contributed by atoms with Crippen molar-refractivity contribution in [1.29, 1.82) is 0 Å². The summed E-state index contributed by atoms with van der Waals surface area (Å²) in [6, 6.07) is 12.4. The van der Waals surface area contributed by atoms with E-state index in [9.17, 15) is 4.79 Å². The van der Waals surface area contributed by atoms with Crippen molar-refractivity contribution < 1.29 is 4.42 Å². The zero-order chi connectivity index (χ0) is 18.1.